The van der Waals surface area contributed by atoms with Gasteiger partial charge in [0.05, 0.1) is 6.10 Å². The summed E-state index contributed by atoms with van der Waals surface area (Å²) in [6.07, 6.45) is 1.08. The predicted molar refractivity (Wildman–Crippen MR) is 54.0 cm³/mol. The summed E-state index contributed by atoms with van der Waals surface area (Å²) in [5.74, 6) is -0.309. The van der Waals surface area contributed by atoms with Crippen LogP contribution in [0.5, 0.6) is 0 Å². The SMILES string of the molecule is CC(O)C1(c2c(F)cccc2Cl)CC1. The molecular formula is C11H12ClFO. The summed E-state index contributed by atoms with van der Waals surface area (Å²) < 4.78 is 13.6. The van der Waals surface area contributed by atoms with Gasteiger partial charge < -0.3 is 5.11 Å². The molecule has 0 aliphatic heterocycles. The zero-order chi connectivity index (χ0) is 10.3. The lowest BCUT2D eigenvalue weighted by atomic mass is 9.90. The molecule has 3 heteroatoms. The van der Waals surface area contributed by atoms with E-state index in [9.17, 15) is 9.50 Å². The van der Waals surface area contributed by atoms with Gasteiger partial charge in [0.1, 0.15) is 5.82 Å². The van der Waals surface area contributed by atoms with Crippen molar-refractivity contribution in [2.75, 3.05) is 0 Å². The van der Waals surface area contributed by atoms with Gasteiger partial charge in [-0.1, -0.05) is 17.7 Å². The van der Waals surface area contributed by atoms with Crippen LogP contribution in [0.1, 0.15) is 25.3 Å². The summed E-state index contributed by atoms with van der Waals surface area (Å²) >= 11 is 5.95. The van der Waals surface area contributed by atoms with Gasteiger partial charge in [0.2, 0.25) is 0 Å². The quantitative estimate of drug-likeness (QED) is 0.803. The van der Waals surface area contributed by atoms with Gasteiger partial charge in [-0.2, -0.15) is 0 Å². The molecule has 1 aliphatic carbocycles. The van der Waals surface area contributed by atoms with Crippen LogP contribution in [-0.4, -0.2) is 11.2 Å². The molecule has 1 aromatic carbocycles. The van der Waals surface area contributed by atoms with E-state index in [2.05, 4.69) is 0 Å². The van der Waals surface area contributed by atoms with Crippen molar-refractivity contribution in [1.82, 2.24) is 0 Å². The molecule has 0 spiro atoms. The Morgan fingerprint density at radius 1 is 1.50 bits per heavy atom. The molecule has 1 N–H and O–H groups in total. The van der Waals surface area contributed by atoms with E-state index in [1.54, 1.807) is 19.1 Å². The van der Waals surface area contributed by atoms with Gasteiger partial charge in [-0.3, -0.25) is 0 Å². The highest BCUT2D eigenvalue weighted by atomic mass is 35.5. The first-order valence-electron chi connectivity index (χ1n) is 4.70. The normalized spacial score (nSPS) is 20.6. The van der Waals surface area contributed by atoms with E-state index in [-0.39, 0.29) is 5.82 Å². The number of rotatable bonds is 2. The third-order valence-corrected chi connectivity index (χ3v) is 3.36. The maximum atomic E-state index is 13.6. The first-order valence-corrected chi connectivity index (χ1v) is 5.08. The van der Waals surface area contributed by atoms with Crippen LogP contribution in [0.15, 0.2) is 18.2 Å². The van der Waals surface area contributed by atoms with E-state index in [4.69, 9.17) is 11.6 Å². The minimum absolute atomic E-state index is 0.309. The zero-order valence-corrected chi connectivity index (χ0v) is 8.68. The lowest BCUT2D eigenvalue weighted by Gasteiger charge is -2.20. The fourth-order valence-corrected chi connectivity index (χ4v) is 2.34. The summed E-state index contributed by atoms with van der Waals surface area (Å²) in [5, 5.41) is 10.0. The topological polar surface area (TPSA) is 20.2 Å². The van der Waals surface area contributed by atoms with Crippen molar-refractivity contribution in [2.45, 2.75) is 31.3 Å². The van der Waals surface area contributed by atoms with E-state index in [0.29, 0.717) is 10.6 Å². The lowest BCUT2D eigenvalue weighted by Crippen LogP contribution is -2.24. The second-order valence-corrected chi connectivity index (χ2v) is 4.34. The molecule has 1 saturated carbocycles. The number of hydrogen-bond acceptors (Lipinski definition) is 1. The van der Waals surface area contributed by atoms with Crippen LogP contribution in [0.4, 0.5) is 4.39 Å². The van der Waals surface area contributed by atoms with Gasteiger partial charge in [0.15, 0.2) is 0 Å². The molecule has 2 rings (SSSR count). The molecular weight excluding hydrogens is 203 g/mol. The molecule has 0 saturated heterocycles. The Balaban J connectivity index is 2.51. The Kier molecular flexibility index (Phi) is 2.28. The standard InChI is InChI=1S/C11H12ClFO/c1-7(14)11(5-6-11)10-8(12)3-2-4-9(10)13/h2-4,7,14H,5-6H2,1H3. The van der Waals surface area contributed by atoms with Crippen molar-refractivity contribution in [3.05, 3.63) is 34.6 Å². The van der Waals surface area contributed by atoms with Crippen molar-refractivity contribution in [3.63, 3.8) is 0 Å². The second kappa shape index (κ2) is 3.21. The number of aliphatic hydroxyl groups is 1. The third kappa shape index (κ3) is 1.33. The number of halogens is 2. The molecule has 1 atom stereocenters. The Morgan fingerprint density at radius 2 is 2.14 bits per heavy atom. The van der Waals surface area contributed by atoms with Crippen molar-refractivity contribution >= 4 is 11.6 Å². The van der Waals surface area contributed by atoms with Gasteiger partial charge in [-0.05, 0) is 31.9 Å². The van der Waals surface area contributed by atoms with Crippen LogP contribution >= 0.6 is 11.6 Å². The summed E-state index contributed by atoms with van der Waals surface area (Å²) in [6, 6.07) is 4.64. The maximum absolute atomic E-state index is 13.6. The summed E-state index contributed by atoms with van der Waals surface area (Å²) in [6.45, 7) is 1.69. The Labute approximate surface area is 87.5 Å². The first-order chi connectivity index (χ1) is 6.58. The third-order valence-electron chi connectivity index (χ3n) is 3.05. The lowest BCUT2D eigenvalue weighted by molar-refractivity contribution is 0.149. The van der Waals surface area contributed by atoms with Crippen LogP contribution in [0.2, 0.25) is 5.02 Å². The maximum Gasteiger partial charge on any atom is 0.128 e. The molecule has 1 nitrogen and oxygen atoms in total. The molecule has 1 aliphatic rings. The number of aliphatic hydroxyl groups excluding tert-OH is 1. The monoisotopic (exact) mass is 214 g/mol. The van der Waals surface area contributed by atoms with Crippen LogP contribution in [0, 0.1) is 5.82 Å². The highest BCUT2D eigenvalue weighted by Gasteiger charge is 2.51. The largest absolute Gasteiger partial charge is 0.392 e. The van der Waals surface area contributed by atoms with Gasteiger partial charge in [-0.15, -0.1) is 0 Å². The van der Waals surface area contributed by atoms with Crippen LogP contribution in [-0.2, 0) is 5.41 Å². The fraction of sp³-hybridized carbons (Fsp3) is 0.455. The van der Waals surface area contributed by atoms with E-state index in [1.165, 1.54) is 6.07 Å². The zero-order valence-electron chi connectivity index (χ0n) is 7.93. The summed E-state index contributed by atoms with van der Waals surface area (Å²) in [4.78, 5) is 0. The van der Waals surface area contributed by atoms with Crippen LogP contribution in [0.3, 0.4) is 0 Å². The average molecular weight is 215 g/mol. The van der Waals surface area contributed by atoms with E-state index >= 15 is 0 Å². The van der Waals surface area contributed by atoms with Gasteiger partial charge in [0.25, 0.3) is 0 Å². The van der Waals surface area contributed by atoms with E-state index in [0.717, 1.165) is 12.8 Å². The molecule has 0 heterocycles. The molecule has 1 unspecified atom stereocenters. The van der Waals surface area contributed by atoms with E-state index < -0.39 is 11.5 Å². The molecule has 1 aromatic rings. The molecule has 1 fully saturated rings. The van der Waals surface area contributed by atoms with Gasteiger partial charge in [0, 0.05) is 16.0 Å². The minimum Gasteiger partial charge on any atom is -0.392 e. The molecule has 0 radical (unpaired) electrons. The average Bonchev–Trinajstić information content (AvgIpc) is 2.85. The Bertz CT molecular complexity index is 338. The van der Waals surface area contributed by atoms with Gasteiger partial charge >= 0.3 is 0 Å². The summed E-state index contributed by atoms with van der Waals surface area (Å²) in [5.41, 5.74) is 0.0549. The number of hydrogen-bond donors (Lipinski definition) is 1. The minimum atomic E-state index is -0.545. The van der Waals surface area contributed by atoms with Gasteiger partial charge in [-0.25, -0.2) is 4.39 Å². The molecule has 0 bridgehead atoms. The van der Waals surface area contributed by atoms with Crippen molar-refractivity contribution in [1.29, 1.82) is 0 Å². The molecule has 76 valence electrons. The highest BCUT2D eigenvalue weighted by Crippen LogP contribution is 2.53. The summed E-state index contributed by atoms with van der Waals surface area (Å²) in [7, 11) is 0. The fourth-order valence-electron chi connectivity index (χ4n) is 1.98. The van der Waals surface area contributed by atoms with Crippen molar-refractivity contribution in [3.8, 4) is 0 Å². The first kappa shape index (κ1) is 9.94. The number of benzene rings is 1. The Morgan fingerprint density at radius 3 is 2.57 bits per heavy atom. The van der Waals surface area contributed by atoms with Crippen molar-refractivity contribution < 1.29 is 9.50 Å². The molecule has 0 aromatic heterocycles. The highest BCUT2D eigenvalue weighted by molar-refractivity contribution is 6.31. The smallest absolute Gasteiger partial charge is 0.128 e. The van der Waals surface area contributed by atoms with Crippen LogP contribution in [0.25, 0.3) is 0 Å². The molecule has 0 amide bonds. The Hall–Kier alpha value is -0.600. The second-order valence-electron chi connectivity index (χ2n) is 3.93. The van der Waals surface area contributed by atoms with E-state index in [1.807, 2.05) is 0 Å². The molecule has 14 heavy (non-hydrogen) atoms. The van der Waals surface area contributed by atoms with Crippen LogP contribution < -0.4 is 0 Å². The predicted octanol–water partition coefficient (Wildman–Crippen LogP) is 2.89. The van der Waals surface area contributed by atoms with Crippen molar-refractivity contribution in [2.24, 2.45) is 0 Å².